The SMILES string of the molecule is CC(=O)Nc1ccc(C(=O)Nc2nc(C)nc(-c3ccccn3)n2)cc1. The van der Waals surface area contributed by atoms with Crippen molar-refractivity contribution in [3.05, 3.63) is 60.0 Å². The van der Waals surface area contributed by atoms with Crippen molar-refractivity contribution < 1.29 is 9.59 Å². The van der Waals surface area contributed by atoms with Gasteiger partial charge in [0.25, 0.3) is 5.91 Å². The number of anilines is 2. The van der Waals surface area contributed by atoms with E-state index < -0.39 is 0 Å². The molecule has 0 saturated carbocycles. The molecule has 3 rings (SSSR count). The Morgan fingerprint density at radius 2 is 1.69 bits per heavy atom. The van der Waals surface area contributed by atoms with Crippen LogP contribution in [0.1, 0.15) is 23.1 Å². The Morgan fingerprint density at radius 3 is 2.35 bits per heavy atom. The molecule has 8 heteroatoms. The molecule has 2 amide bonds. The summed E-state index contributed by atoms with van der Waals surface area (Å²) in [5.41, 5.74) is 1.62. The van der Waals surface area contributed by atoms with Crippen LogP contribution in [-0.2, 0) is 4.79 Å². The van der Waals surface area contributed by atoms with Gasteiger partial charge in [0.1, 0.15) is 11.5 Å². The van der Waals surface area contributed by atoms with Gasteiger partial charge in [-0.05, 0) is 43.3 Å². The van der Waals surface area contributed by atoms with Crippen LogP contribution in [0.5, 0.6) is 0 Å². The van der Waals surface area contributed by atoms with Gasteiger partial charge in [0.15, 0.2) is 5.82 Å². The minimum Gasteiger partial charge on any atom is -0.326 e. The number of benzene rings is 1. The number of hydrogen-bond donors (Lipinski definition) is 2. The first-order chi connectivity index (χ1) is 12.5. The van der Waals surface area contributed by atoms with Gasteiger partial charge in [0.05, 0.1) is 0 Å². The molecule has 0 atom stereocenters. The third kappa shape index (κ3) is 4.23. The first-order valence-electron chi connectivity index (χ1n) is 7.84. The number of carbonyl (C=O) groups excluding carboxylic acids is 2. The number of nitrogens with zero attached hydrogens (tertiary/aromatic N) is 4. The van der Waals surface area contributed by atoms with Crippen molar-refractivity contribution in [1.29, 1.82) is 0 Å². The average Bonchev–Trinajstić information content (AvgIpc) is 2.62. The largest absolute Gasteiger partial charge is 0.326 e. The van der Waals surface area contributed by atoms with E-state index in [1.165, 1.54) is 6.92 Å². The summed E-state index contributed by atoms with van der Waals surface area (Å²) in [5, 5.41) is 5.30. The van der Waals surface area contributed by atoms with Gasteiger partial charge in [-0.3, -0.25) is 19.9 Å². The smallest absolute Gasteiger partial charge is 0.258 e. The third-order valence-electron chi connectivity index (χ3n) is 3.33. The van der Waals surface area contributed by atoms with Crippen LogP contribution in [-0.4, -0.2) is 31.8 Å². The maximum Gasteiger partial charge on any atom is 0.258 e. The fraction of sp³-hybridized carbons (Fsp3) is 0.111. The molecule has 0 aliphatic carbocycles. The molecule has 26 heavy (non-hydrogen) atoms. The lowest BCUT2D eigenvalue weighted by atomic mass is 10.2. The molecule has 130 valence electrons. The fourth-order valence-corrected chi connectivity index (χ4v) is 2.23. The van der Waals surface area contributed by atoms with Crippen LogP contribution in [0.2, 0.25) is 0 Å². The Hall–Kier alpha value is -3.68. The van der Waals surface area contributed by atoms with E-state index in [4.69, 9.17) is 0 Å². The first-order valence-corrected chi connectivity index (χ1v) is 7.84. The maximum absolute atomic E-state index is 12.4. The van der Waals surface area contributed by atoms with Crippen molar-refractivity contribution in [3.63, 3.8) is 0 Å². The quantitative estimate of drug-likeness (QED) is 0.749. The highest BCUT2D eigenvalue weighted by atomic mass is 16.2. The Kier molecular flexibility index (Phi) is 4.93. The lowest BCUT2D eigenvalue weighted by molar-refractivity contribution is -0.114. The molecule has 3 aromatic rings. The zero-order valence-electron chi connectivity index (χ0n) is 14.2. The minimum absolute atomic E-state index is 0.147. The predicted molar refractivity (Wildman–Crippen MR) is 96.5 cm³/mol. The van der Waals surface area contributed by atoms with Crippen molar-refractivity contribution in [2.45, 2.75) is 13.8 Å². The van der Waals surface area contributed by atoms with Crippen LogP contribution in [0.4, 0.5) is 11.6 Å². The van der Waals surface area contributed by atoms with E-state index in [9.17, 15) is 9.59 Å². The van der Waals surface area contributed by atoms with E-state index in [2.05, 4.69) is 30.6 Å². The Bertz CT molecular complexity index is 942. The van der Waals surface area contributed by atoms with Gasteiger partial charge in [-0.15, -0.1) is 0 Å². The van der Waals surface area contributed by atoms with Crippen molar-refractivity contribution in [2.24, 2.45) is 0 Å². The zero-order chi connectivity index (χ0) is 18.5. The monoisotopic (exact) mass is 348 g/mol. The maximum atomic E-state index is 12.4. The van der Waals surface area contributed by atoms with Crippen LogP contribution >= 0.6 is 0 Å². The molecule has 0 unspecified atom stereocenters. The van der Waals surface area contributed by atoms with Gasteiger partial charge in [0, 0.05) is 24.4 Å². The van der Waals surface area contributed by atoms with Gasteiger partial charge in [-0.25, -0.2) is 4.98 Å². The fourth-order valence-electron chi connectivity index (χ4n) is 2.23. The molecule has 2 aromatic heterocycles. The molecule has 0 fully saturated rings. The van der Waals surface area contributed by atoms with E-state index in [-0.39, 0.29) is 17.8 Å². The highest BCUT2D eigenvalue weighted by Crippen LogP contribution is 2.14. The van der Waals surface area contributed by atoms with Crippen molar-refractivity contribution in [3.8, 4) is 11.5 Å². The summed E-state index contributed by atoms with van der Waals surface area (Å²) in [4.78, 5) is 40.3. The van der Waals surface area contributed by atoms with Crippen molar-refractivity contribution >= 4 is 23.5 Å². The number of nitrogens with one attached hydrogen (secondary N) is 2. The molecular weight excluding hydrogens is 332 g/mol. The third-order valence-corrected chi connectivity index (χ3v) is 3.33. The summed E-state index contributed by atoms with van der Waals surface area (Å²) in [6, 6.07) is 11.9. The second-order valence-corrected chi connectivity index (χ2v) is 5.46. The summed E-state index contributed by atoms with van der Waals surface area (Å²) in [6.07, 6.45) is 1.64. The lowest BCUT2D eigenvalue weighted by Crippen LogP contribution is -2.15. The summed E-state index contributed by atoms with van der Waals surface area (Å²) in [6.45, 7) is 3.13. The summed E-state index contributed by atoms with van der Waals surface area (Å²) in [7, 11) is 0. The van der Waals surface area contributed by atoms with E-state index in [1.807, 2.05) is 6.07 Å². The zero-order valence-corrected chi connectivity index (χ0v) is 14.2. The van der Waals surface area contributed by atoms with E-state index in [0.717, 1.165) is 0 Å². The number of amides is 2. The number of rotatable bonds is 4. The second kappa shape index (κ2) is 7.47. The second-order valence-electron chi connectivity index (χ2n) is 5.46. The lowest BCUT2D eigenvalue weighted by Gasteiger charge is -2.07. The van der Waals surface area contributed by atoms with Gasteiger partial charge < -0.3 is 5.32 Å². The number of carbonyl (C=O) groups is 2. The summed E-state index contributed by atoms with van der Waals surface area (Å²) in [5.74, 6) is 0.460. The van der Waals surface area contributed by atoms with E-state index in [0.29, 0.717) is 28.6 Å². The normalized spacial score (nSPS) is 10.2. The molecule has 0 radical (unpaired) electrons. The van der Waals surface area contributed by atoms with Gasteiger partial charge >= 0.3 is 0 Å². The number of hydrogen-bond acceptors (Lipinski definition) is 6. The molecule has 0 spiro atoms. The molecule has 0 bridgehead atoms. The molecule has 1 aromatic carbocycles. The molecule has 0 aliphatic heterocycles. The van der Waals surface area contributed by atoms with Crippen LogP contribution in [0.3, 0.4) is 0 Å². The van der Waals surface area contributed by atoms with Crippen LogP contribution < -0.4 is 10.6 Å². The van der Waals surface area contributed by atoms with Gasteiger partial charge in [-0.2, -0.15) is 9.97 Å². The summed E-state index contributed by atoms with van der Waals surface area (Å²) < 4.78 is 0. The van der Waals surface area contributed by atoms with E-state index in [1.54, 1.807) is 49.5 Å². The van der Waals surface area contributed by atoms with Crippen LogP contribution in [0, 0.1) is 6.92 Å². The number of aromatic nitrogens is 4. The first kappa shape index (κ1) is 17.2. The molecular formula is C18H16N6O2. The van der Waals surface area contributed by atoms with Crippen molar-refractivity contribution in [2.75, 3.05) is 10.6 Å². The number of pyridine rings is 1. The molecule has 2 N–H and O–H groups in total. The minimum atomic E-state index is -0.364. The van der Waals surface area contributed by atoms with Gasteiger partial charge in [-0.1, -0.05) is 6.07 Å². The van der Waals surface area contributed by atoms with E-state index >= 15 is 0 Å². The van der Waals surface area contributed by atoms with Crippen LogP contribution in [0.25, 0.3) is 11.5 Å². The molecule has 0 saturated heterocycles. The predicted octanol–water partition coefficient (Wildman–Crippen LogP) is 2.45. The summed E-state index contributed by atoms with van der Waals surface area (Å²) >= 11 is 0. The topological polar surface area (TPSA) is 110 Å². The number of aryl methyl sites for hydroxylation is 1. The Balaban J connectivity index is 1.79. The highest BCUT2D eigenvalue weighted by Gasteiger charge is 2.11. The molecule has 8 nitrogen and oxygen atoms in total. The average molecular weight is 348 g/mol. The van der Waals surface area contributed by atoms with Gasteiger partial charge in [0.2, 0.25) is 11.9 Å². The Morgan fingerprint density at radius 1 is 0.923 bits per heavy atom. The van der Waals surface area contributed by atoms with Crippen LogP contribution in [0.15, 0.2) is 48.7 Å². The Labute approximate surface area is 149 Å². The standard InChI is InChI=1S/C18H16N6O2/c1-11-20-16(15-5-3-4-10-19-15)23-18(21-11)24-17(26)13-6-8-14(9-7-13)22-12(2)25/h3-10H,1-2H3,(H,22,25)(H,20,21,23,24,26). The molecule has 2 heterocycles. The molecule has 0 aliphatic rings. The highest BCUT2D eigenvalue weighted by molar-refractivity contribution is 6.03. The van der Waals surface area contributed by atoms with Crippen molar-refractivity contribution in [1.82, 2.24) is 19.9 Å².